The smallest absolute Gasteiger partial charge is 0.306 e. The Morgan fingerprint density at radius 1 is 1.00 bits per heavy atom. The second kappa shape index (κ2) is 9.92. The summed E-state index contributed by atoms with van der Waals surface area (Å²) >= 11 is 0. The van der Waals surface area contributed by atoms with E-state index in [1.807, 2.05) is 42.6 Å². The number of rotatable bonds is 3. The molecule has 7 nitrogen and oxygen atoms in total. The van der Waals surface area contributed by atoms with E-state index in [-0.39, 0.29) is 12.0 Å². The SMILES string of the molecule is O=C(O)C1CCCCC1.OC1CCN(c2ccc(-c3nc4ccccc4[nH]3)cn2)CC1. The molecule has 0 spiro atoms. The summed E-state index contributed by atoms with van der Waals surface area (Å²) in [4.78, 5) is 25.0. The Morgan fingerprint density at radius 2 is 1.74 bits per heavy atom. The molecule has 2 aliphatic rings. The molecule has 1 aliphatic carbocycles. The van der Waals surface area contributed by atoms with Crippen molar-refractivity contribution in [1.82, 2.24) is 15.0 Å². The number of carboxylic acids is 1. The Labute approximate surface area is 182 Å². The minimum absolute atomic E-state index is 0.0289. The van der Waals surface area contributed by atoms with Crippen molar-refractivity contribution in [3.05, 3.63) is 42.6 Å². The van der Waals surface area contributed by atoms with E-state index in [1.54, 1.807) is 0 Å². The predicted molar refractivity (Wildman–Crippen MR) is 121 cm³/mol. The van der Waals surface area contributed by atoms with Crippen molar-refractivity contribution < 1.29 is 15.0 Å². The maximum absolute atomic E-state index is 10.4. The molecule has 1 saturated heterocycles. The van der Waals surface area contributed by atoms with Crippen LogP contribution < -0.4 is 4.90 Å². The van der Waals surface area contributed by atoms with Gasteiger partial charge < -0.3 is 20.1 Å². The summed E-state index contributed by atoms with van der Waals surface area (Å²) in [6.07, 6.45) is 8.56. The fraction of sp³-hybridized carbons (Fsp3) is 0.458. The number of aliphatic hydroxyl groups excluding tert-OH is 1. The third-order valence-electron chi connectivity index (χ3n) is 6.15. The highest BCUT2D eigenvalue weighted by atomic mass is 16.4. The van der Waals surface area contributed by atoms with Crippen LogP contribution in [-0.4, -0.2) is 50.3 Å². The van der Waals surface area contributed by atoms with Crippen LogP contribution in [0.3, 0.4) is 0 Å². The second-order valence-corrected chi connectivity index (χ2v) is 8.40. The van der Waals surface area contributed by atoms with Gasteiger partial charge in [0.15, 0.2) is 0 Å². The first-order valence-electron chi connectivity index (χ1n) is 11.2. The van der Waals surface area contributed by atoms with E-state index in [1.165, 1.54) is 6.42 Å². The molecule has 3 N–H and O–H groups in total. The number of piperidine rings is 1. The summed E-state index contributed by atoms with van der Waals surface area (Å²) in [7, 11) is 0. The third kappa shape index (κ3) is 5.41. The lowest BCUT2D eigenvalue weighted by Crippen LogP contribution is -2.36. The van der Waals surface area contributed by atoms with Gasteiger partial charge in [-0.25, -0.2) is 9.97 Å². The molecule has 1 aromatic carbocycles. The van der Waals surface area contributed by atoms with Gasteiger partial charge in [0, 0.05) is 24.8 Å². The number of pyridine rings is 1. The average Bonchev–Trinajstić information content (AvgIpc) is 3.25. The number of aliphatic hydroxyl groups is 1. The quantitative estimate of drug-likeness (QED) is 0.584. The highest BCUT2D eigenvalue weighted by Gasteiger charge is 2.19. The van der Waals surface area contributed by atoms with Crippen LogP contribution in [-0.2, 0) is 4.79 Å². The van der Waals surface area contributed by atoms with Crippen LogP contribution in [0.1, 0.15) is 44.9 Å². The van der Waals surface area contributed by atoms with Gasteiger partial charge in [-0.05, 0) is 49.9 Å². The third-order valence-corrected chi connectivity index (χ3v) is 6.15. The van der Waals surface area contributed by atoms with E-state index in [0.717, 1.165) is 79.9 Å². The normalized spacial score (nSPS) is 17.9. The summed E-state index contributed by atoms with van der Waals surface area (Å²) in [5, 5.41) is 18.1. The highest BCUT2D eigenvalue weighted by Crippen LogP contribution is 2.24. The van der Waals surface area contributed by atoms with E-state index >= 15 is 0 Å². The lowest BCUT2D eigenvalue weighted by molar-refractivity contribution is -0.142. The molecule has 31 heavy (non-hydrogen) atoms. The number of carboxylic acid groups (broad SMARTS) is 1. The number of aliphatic carboxylic acids is 1. The van der Waals surface area contributed by atoms with Crippen LogP contribution in [0.25, 0.3) is 22.4 Å². The number of hydrogen-bond acceptors (Lipinski definition) is 5. The predicted octanol–water partition coefficient (Wildman–Crippen LogP) is 4.24. The molecular weight excluding hydrogens is 392 g/mol. The monoisotopic (exact) mass is 422 g/mol. The number of H-pyrrole nitrogens is 1. The second-order valence-electron chi connectivity index (χ2n) is 8.40. The number of hydrogen-bond donors (Lipinski definition) is 3. The zero-order chi connectivity index (χ0) is 21.6. The highest BCUT2D eigenvalue weighted by molar-refractivity contribution is 5.79. The summed E-state index contributed by atoms with van der Waals surface area (Å²) in [5.41, 5.74) is 2.98. The molecule has 3 aromatic rings. The molecule has 0 bridgehead atoms. The number of carbonyl (C=O) groups is 1. The minimum atomic E-state index is -0.602. The van der Waals surface area contributed by atoms with Crippen LogP contribution in [0.15, 0.2) is 42.6 Å². The van der Waals surface area contributed by atoms with Crippen molar-refractivity contribution in [2.24, 2.45) is 5.92 Å². The number of nitrogens with one attached hydrogen (secondary N) is 1. The van der Waals surface area contributed by atoms with Crippen molar-refractivity contribution in [3.8, 4) is 11.4 Å². The van der Waals surface area contributed by atoms with Gasteiger partial charge >= 0.3 is 5.97 Å². The number of aromatic amines is 1. The van der Waals surface area contributed by atoms with Crippen molar-refractivity contribution in [1.29, 1.82) is 0 Å². The fourth-order valence-electron chi connectivity index (χ4n) is 4.25. The molecule has 5 rings (SSSR count). The average molecular weight is 423 g/mol. The molecule has 7 heteroatoms. The van der Waals surface area contributed by atoms with Gasteiger partial charge in [-0.2, -0.15) is 0 Å². The van der Waals surface area contributed by atoms with Gasteiger partial charge in [0.2, 0.25) is 0 Å². The molecule has 0 radical (unpaired) electrons. The first-order valence-corrected chi connectivity index (χ1v) is 11.2. The van der Waals surface area contributed by atoms with Crippen molar-refractivity contribution >= 4 is 22.8 Å². The Morgan fingerprint density at radius 3 is 2.35 bits per heavy atom. The Bertz CT molecular complexity index is 954. The number of anilines is 1. The maximum Gasteiger partial charge on any atom is 0.306 e. The number of para-hydroxylation sites is 2. The lowest BCUT2D eigenvalue weighted by atomic mass is 9.90. The van der Waals surface area contributed by atoms with E-state index < -0.39 is 5.97 Å². The van der Waals surface area contributed by atoms with Crippen molar-refractivity contribution in [2.45, 2.75) is 51.0 Å². The van der Waals surface area contributed by atoms with Crippen molar-refractivity contribution in [3.63, 3.8) is 0 Å². The van der Waals surface area contributed by atoms with E-state index in [9.17, 15) is 9.90 Å². The molecule has 0 unspecified atom stereocenters. The van der Waals surface area contributed by atoms with E-state index in [0.29, 0.717) is 0 Å². The molecule has 0 atom stereocenters. The molecule has 164 valence electrons. The molecule has 0 amide bonds. The topological polar surface area (TPSA) is 102 Å². The standard InChI is InChI=1S/C17H18N4O.C7H12O2/c22-13-7-9-21(10-8-13)16-6-5-12(11-18-16)17-19-14-3-1-2-4-15(14)20-17;8-7(9)6-4-2-1-3-5-6/h1-6,11,13,22H,7-10H2,(H,19,20);6H,1-5H2,(H,8,9). The summed E-state index contributed by atoms with van der Waals surface area (Å²) < 4.78 is 0. The summed E-state index contributed by atoms with van der Waals surface area (Å²) in [6.45, 7) is 1.72. The first-order chi connectivity index (χ1) is 15.1. The van der Waals surface area contributed by atoms with Crippen LogP contribution in [0, 0.1) is 5.92 Å². The zero-order valence-corrected chi connectivity index (χ0v) is 17.7. The zero-order valence-electron chi connectivity index (χ0n) is 17.7. The van der Waals surface area contributed by atoms with Gasteiger partial charge in [0.1, 0.15) is 11.6 Å². The minimum Gasteiger partial charge on any atom is -0.481 e. The number of fused-ring (bicyclic) bond motifs is 1. The van der Waals surface area contributed by atoms with E-state index in [2.05, 4.69) is 19.9 Å². The Hall–Kier alpha value is -2.93. The van der Waals surface area contributed by atoms with Gasteiger partial charge in [0.05, 0.1) is 23.1 Å². The molecule has 2 fully saturated rings. The van der Waals surface area contributed by atoms with E-state index in [4.69, 9.17) is 5.11 Å². The van der Waals surface area contributed by atoms with Crippen LogP contribution in [0.4, 0.5) is 5.82 Å². The maximum atomic E-state index is 10.4. The largest absolute Gasteiger partial charge is 0.481 e. The number of benzene rings is 1. The fourth-order valence-corrected chi connectivity index (χ4v) is 4.25. The Kier molecular flexibility index (Phi) is 6.82. The summed E-state index contributed by atoms with van der Waals surface area (Å²) in [6, 6.07) is 12.1. The number of aromatic nitrogens is 3. The van der Waals surface area contributed by atoms with Gasteiger partial charge in [0.25, 0.3) is 0 Å². The number of imidazole rings is 1. The molecule has 1 saturated carbocycles. The van der Waals surface area contributed by atoms with Gasteiger partial charge in [-0.15, -0.1) is 0 Å². The summed E-state index contributed by atoms with van der Waals surface area (Å²) in [5.74, 6) is 1.18. The Balaban J connectivity index is 0.000000217. The molecule has 2 aromatic heterocycles. The van der Waals surface area contributed by atoms with Crippen LogP contribution in [0.2, 0.25) is 0 Å². The molecule has 1 aliphatic heterocycles. The van der Waals surface area contributed by atoms with Crippen molar-refractivity contribution in [2.75, 3.05) is 18.0 Å². The number of nitrogens with zero attached hydrogens (tertiary/aromatic N) is 3. The van der Waals surface area contributed by atoms with Crippen LogP contribution >= 0.6 is 0 Å². The van der Waals surface area contributed by atoms with Gasteiger partial charge in [-0.1, -0.05) is 31.4 Å². The lowest BCUT2D eigenvalue weighted by Gasteiger charge is -2.30. The van der Waals surface area contributed by atoms with Gasteiger partial charge in [-0.3, -0.25) is 4.79 Å². The first kappa shape index (κ1) is 21.3. The van der Waals surface area contributed by atoms with Crippen LogP contribution in [0.5, 0.6) is 0 Å². The molecular formula is C24H30N4O3. The molecule has 3 heterocycles.